The molecule has 1 fully saturated rings. The summed E-state index contributed by atoms with van der Waals surface area (Å²) in [5.41, 5.74) is 4.17. The highest BCUT2D eigenvalue weighted by molar-refractivity contribution is 5.49. The van der Waals surface area contributed by atoms with Crippen LogP contribution in [0.4, 0.5) is 0 Å². The molecule has 4 aromatic carbocycles. The van der Waals surface area contributed by atoms with E-state index in [-0.39, 0.29) is 0 Å². The predicted octanol–water partition coefficient (Wildman–Crippen LogP) is 6.22. The lowest BCUT2D eigenvalue weighted by atomic mass is 9.93. The number of hydrogen-bond acceptors (Lipinski definition) is 5. The highest BCUT2D eigenvalue weighted by Crippen LogP contribution is 2.29. The third kappa shape index (κ3) is 7.98. The Morgan fingerprint density at radius 3 is 1.62 bits per heavy atom. The van der Waals surface area contributed by atoms with E-state index >= 15 is 0 Å². The second-order valence-corrected chi connectivity index (χ2v) is 9.92. The van der Waals surface area contributed by atoms with Crippen molar-refractivity contribution in [1.29, 1.82) is 0 Å². The maximum atomic E-state index is 11.6. The highest BCUT2D eigenvalue weighted by atomic mass is 16.6. The van der Waals surface area contributed by atoms with Crippen LogP contribution in [0.15, 0.2) is 127 Å². The van der Waals surface area contributed by atoms with E-state index in [1.807, 2.05) is 133 Å². The molecule has 5 nitrogen and oxygen atoms in total. The molecular weight excluding hydrogens is 500 g/mol. The molecule has 40 heavy (non-hydrogen) atoms. The summed E-state index contributed by atoms with van der Waals surface area (Å²) in [5.74, 6) is 0. The van der Waals surface area contributed by atoms with Crippen molar-refractivity contribution >= 4 is 6.08 Å². The standard InChI is InChI=1S/C35H36O5/c36-33-31(22-21-27-13-5-1-6-14-27)40-32(26-37-23-28-15-7-2-8-16-28)34(38-24-29-17-9-3-10-18-29)35(33)39-25-30-19-11-4-12-20-30/h1-22,31-36H,23-26H2/b22-21+/t31-,32-,33+,34-,35-/m1/s1. The minimum atomic E-state index is -0.935. The van der Waals surface area contributed by atoms with Crippen LogP contribution in [0, 0.1) is 0 Å². The van der Waals surface area contributed by atoms with Crippen LogP contribution < -0.4 is 0 Å². The second-order valence-electron chi connectivity index (χ2n) is 9.92. The molecule has 0 spiro atoms. The average molecular weight is 537 g/mol. The van der Waals surface area contributed by atoms with E-state index in [0.29, 0.717) is 26.4 Å². The first-order valence-corrected chi connectivity index (χ1v) is 13.8. The molecule has 4 aromatic rings. The van der Waals surface area contributed by atoms with Crippen molar-refractivity contribution in [3.63, 3.8) is 0 Å². The molecule has 206 valence electrons. The summed E-state index contributed by atoms with van der Waals surface area (Å²) in [5, 5.41) is 11.6. The van der Waals surface area contributed by atoms with Gasteiger partial charge in [-0.05, 0) is 22.3 Å². The number of aliphatic hydroxyl groups is 1. The molecule has 0 aliphatic carbocycles. The Morgan fingerprint density at radius 2 is 1.07 bits per heavy atom. The third-order valence-electron chi connectivity index (χ3n) is 6.94. The van der Waals surface area contributed by atoms with E-state index in [0.717, 1.165) is 22.3 Å². The van der Waals surface area contributed by atoms with E-state index in [4.69, 9.17) is 18.9 Å². The van der Waals surface area contributed by atoms with Crippen molar-refractivity contribution in [2.24, 2.45) is 0 Å². The van der Waals surface area contributed by atoms with E-state index in [1.165, 1.54) is 0 Å². The highest BCUT2D eigenvalue weighted by Gasteiger charge is 2.46. The lowest BCUT2D eigenvalue weighted by Crippen LogP contribution is -2.60. The van der Waals surface area contributed by atoms with Gasteiger partial charge < -0.3 is 24.1 Å². The molecule has 0 radical (unpaired) electrons. The molecule has 0 amide bonds. The Hall–Kier alpha value is -3.58. The van der Waals surface area contributed by atoms with Crippen molar-refractivity contribution in [3.05, 3.63) is 150 Å². The van der Waals surface area contributed by atoms with Crippen molar-refractivity contribution < 1.29 is 24.1 Å². The quantitative estimate of drug-likeness (QED) is 0.233. The molecule has 0 aromatic heterocycles. The lowest BCUT2D eigenvalue weighted by Gasteiger charge is -2.44. The van der Waals surface area contributed by atoms with E-state index in [2.05, 4.69) is 0 Å². The Balaban J connectivity index is 1.37. The van der Waals surface area contributed by atoms with Crippen LogP contribution in [0.2, 0.25) is 0 Å². The number of aliphatic hydroxyl groups excluding tert-OH is 1. The summed E-state index contributed by atoms with van der Waals surface area (Å²) in [6.07, 6.45) is 0.704. The lowest BCUT2D eigenvalue weighted by molar-refractivity contribution is -0.251. The van der Waals surface area contributed by atoms with Crippen LogP contribution in [-0.4, -0.2) is 42.2 Å². The monoisotopic (exact) mass is 536 g/mol. The largest absolute Gasteiger partial charge is 0.387 e. The normalized spacial score (nSPS) is 22.9. The van der Waals surface area contributed by atoms with Crippen LogP contribution >= 0.6 is 0 Å². The van der Waals surface area contributed by atoms with Gasteiger partial charge in [-0.25, -0.2) is 0 Å². The summed E-state index contributed by atoms with van der Waals surface area (Å²) in [4.78, 5) is 0. The zero-order valence-electron chi connectivity index (χ0n) is 22.5. The van der Waals surface area contributed by atoms with Gasteiger partial charge in [0.25, 0.3) is 0 Å². The minimum Gasteiger partial charge on any atom is -0.387 e. The molecule has 0 saturated carbocycles. The number of rotatable bonds is 12. The van der Waals surface area contributed by atoms with E-state index in [9.17, 15) is 5.11 Å². The zero-order valence-corrected chi connectivity index (χ0v) is 22.5. The molecule has 5 heteroatoms. The van der Waals surface area contributed by atoms with Gasteiger partial charge in [0.05, 0.1) is 26.4 Å². The summed E-state index contributed by atoms with van der Waals surface area (Å²) in [6, 6.07) is 40.0. The fourth-order valence-corrected chi connectivity index (χ4v) is 4.81. The van der Waals surface area contributed by atoms with Gasteiger partial charge in [0, 0.05) is 0 Å². The molecule has 0 unspecified atom stereocenters. The molecule has 5 atom stereocenters. The molecule has 1 heterocycles. The molecule has 1 N–H and O–H groups in total. The molecule has 0 bridgehead atoms. The topological polar surface area (TPSA) is 57.2 Å². The molecule has 1 aliphatic heterocycles. The summed E-state index contributed by atoms with van der Waals surface area (Å²) in [6.45, 7) is 1.46. The Kier molecular flexibility index (Phi) is 10.3. The minimum absolute atomic E-state index is 0.294. The number of ether oxygens (including phenoxy) is 4. The number of benzene rings is 4. The first-order valence-electron chi connectivity index (χ1n) is 13.8. The Labute approximate surface area is 236 Å². The van der Waals surface area contributed by atoms with Gasteiger partial charge in [0.1, 0.15) is 30.5 Å². The molecule has 1 aliphatic rings. The number of hydrogen-bond donors (Lipinski definition) is 1. The van der Waals surface area contributed by atoms with Gasteiger partial charge in [-0.3, -0.25) is 0 Å². The van der Waals surface area contributed by atoms with Gasteiger partial charge in [0.15, 0.2) is 0 Å². The van der Waals surface area contributed by atoms with Crippen LogP contribution in [0.25, 0.3) is 6.08 Å². The zero-order chi connectivity index (χ0) is 27.4. The first-order chi connectivity index (χ1) is 19.8. The molecular formula is C35H36O5. The van der Waals surface area contributed by atoms with Crippen molar-refractivity contribution in [2.75, 3.05) is 6.61 Å². The average Bonchev–Trinajstić information content (AvgIpc) is 3.01. The second kappa shape index (κ2) is 14.7. The van der Waals surface area contributed by atoms with Crippen LogP contribution in [0.1, 0.15) is 22.3 Å². The Morgan fingerprint density at radius 1 is 0.600 bits per heavy atom. The van der Waals surface area contributed by atoms with Crippen molar-refractivity contribution in [2.45, 2.75) is 50.3 Å². The van der Waals surface area contributed by atoms with Gasteiger partial charge >= 0.3 is 0 Å². The van der Waals surface area contributed by atoms with Crippen molar-refractivity contribution in [1.82, 2.24) is 0 Å². The SMILES string of the molecule is O[C@@H]1[C@@H](OCc2ccccc2)[C@H](OCc2ccccc2)[C@@H](COCc2ccccc2)O[C@@H]1/C=C/c1ccccc1. The van der Waals surface area contributed by atoms with Gasteiger partial charge in [0.2, 0.25) is 0 Å². The fraction of sp³-hybridized carbons (Fsp3) is 0.257. The van der Waals surface area contributed by atoms with E-state index < -0.39 is 30.5 Å². The maximum absolute atomic E-state index is 11.6. The van der Waals surface area contributed by atoms with Gasteiger partial charge in [-0.1, -0.05) is 133 Å². The van der Waals surface area contributed by atoms with Gasteiger partial charge in [-0.2, -0.15) is 0 Å². The fourth-order valence-electron chi connectivity index (χ4n) is 4.81. The van der Waals surface area contributed by atoms with Crippen LogP contribution in [-0.2, 0) is 38.8 Å². The maximum Gasteiger partial charge on any atom is 0.115 e. The predicted molar refractivity (Wildman–Crippen MR) is 156 cm³/mol. The molecule has 1 saturated heterocycles. The first kappa shape index (κ1) is 28.0. The van der Waals surface area contributed by atoms with Gasteiger partial charge in [-0.15, -0.1) is 0 Å². The van der Waals surface area contributed by atoms with Crippen molar-refractivity contribution in [3.8, 4) is 0 Å². The van der Waals surface area contributed by atoms with Crippen LogP contribution in [0.3, 0.4) is 0 Å². The third-order valence-corrected chi connectivity index (χ3v) is 6.94. The van der Waals surface area contributed by atoms with E-state index in [1.54, 1.807) is 0 Å². The Bertz CT molecular complexity index is 1280. The smallest absolute Gasteiger partial charge is 0.115 e. The molecule has 5 rings (SSSR count). The summed E-state index contributed by atoms with van der Waals surface area (Å²) in [7, 11) is 0. The van der Waals surface area contributed by atoms with Crippen LogP contribution in [0.5, 0.6) is 0 Å². The summed E-state index contributed by atoms with van der Waals surface area (Å²) >= 11 is 0. The summed E-state index contributed by atoms with van der Waals surface area (Å²) < 4.78 is 25.5.